The molecular formula is C19H13N3O2. The Balaban J connectivity index is 1.92. The highest BCUT2D eigenvalue weighted by Crippen LogP contribution is 2.28. The summed E-state index contributed by atoms with van der Waals surface area (Å²) in [6.45, 7) is 0. The largest absolute Gasteiger partial charge is 0.477 e. The Labute approximate surface area is 137 Å². The van der Waals surface area contributed by atoms with Gasteiger partial charge in [0.1, 0.15) is 5.69 Å². The van der Waals surface area contributed by atoms with E-state index in [1.807, 2.05) is 48.5 Å². The van der Waals surface area contributed by atoms with Crippen molar-refractivity contribution in [1.82, 2.24) is 9.97 Å². The van der Waals surface area contributed by atoms with Crippen LogP contribution in [-0.2, 0) is 0 Å². The summed E-state index contributed by atoms with van der Waals surface area (Å²) in [5.41, 5.74) is 3.53. The molecule has 0 unspecified atom stereocenters. The number of carboxylic acids is 1. The van der Waals surface area contributed by atoms with Crippen molar-refractivity contribution in [2.45, 2.75) is 0 Å². The number of nitrogens with zero attached hydrogens (tertiary/aromatic N) is 2. The van der Waals surface area contributed by atoms with E-state index in [2.05, 4.69) is 15.0 Å². The summed E-state index contributed by atoms with van der Waals surface area (Å²) in [7, 11) is 0. The van der Waals surface area contributed by atoms with Gasteiger partial charge in [-0.25, -0.2) is 9.78 Å². The third-order valence-electron chi connectivity index (χ3n) is 3.87. The predicted octanol–water partition coefficient (Wildman–Crippen LogP) is 4.16. The van der Waals surface area contributed by atoms with Crippen LogP contribution in [0.5, 0.6) is 0 Å². The topological polar surface area (TPSA) is 78.3 Å². The molecule has 0 saturated carbocycles. The summed E-state index contributed by atoms with van der Waals surface area (Å²) in [5, 5.41) is 10.9. The second kappa shape index (κ2) is 5.62. The molecule has 0 aliphatic rings. The molecule has 0 aliphatic heterocycles. The molecule has 4 aromatic rings. The molecule has 5 heteroatoms. The highest BCUT2D eigenvalue weighted by molar-refractivity contribution is 6.15. The van der Waals surface area contributed by atoms with Gasteiger partial charge in [-0.1, -0.05) is 30.3 Å². The first-order valence-electron chi connectivity index (χ1n) is 7.45. The first-order valence-corrected chi connectivity index (χ1v) is 7.45. The Kier molecular flexibility index (Phi) is 3.31. The number of H-pyrrole nitrogens is 1. The summed E-state index contributed by atoms with van der Waals surface area (Å²) in [6, 6.07) is 17.1. The quantitative estimate of drug-likeness (QED) is 0.557. The predicted molar refractivity (Wildman–Crippen MR) is 94.3 cm³/mol. The first-order chi connectivity index (χ1) is 11.7. The monoisotopic (exact) mass is 315 g/mol. The van der Waals surface area contributed by atoms with Gasteiger partial charge in [0.15, 0.2) is 0 Å². The SMILES string of the molecule is O=C(O)c1cc2c(cn1)[nH]c1cccc(C=Nc3ccccc3)c12. The Morgan fingerprint density at radius 3 is 2.71 bits per heavy atom. The molecule has 0 atom stereocenters. The third-order valence-corrected chi connectivity index (χ3v) is 3.87. The van der Waals surface area contributed by atoms with Gasteiger partial charge < -0.3 is 10.1 Å². The van der Waals surface area contributed by atoms with Crippen molar-refractivity contribution < 1.29 is 9.90 Å². The van der Waals surface area contributed by atoms with Gasteiger partial charge in [-0.15, -0.1) is 0 Å². The van der Waals surface area contributed by atoms with Crippen molar-refractivity contribution in [1.29, 1.82) is 0 Å². The molecule has 0 spiro atoms. The molecular weight excluding hydrogens is 302 g/mol. The third kappa shape index (κ3) is 2.42. The Bertz CT molecular complexity index is 1080. The zero-order chi connectivity index (χ0) is 16.5. The highest BCUT2D eigenvalue weighted by atomic mass is 16.4. The molecule has 2 heterocycles. The molecule has 5 nitrogen and oxygen atoms in total. The molecule has 4 rings (SSSR count). The van der Waals surface area contributed by atoms with Gasteiger partial charge in [0.05, 0.1) is 17.4 Å². The average molecular weight is 315 g/mol. The normalized spacial score (nSPS) is 11.5. The van der Waals surface area contributed by atoms with Crippen LogP contribution in [0.15, 0.2) is 65.8 Å². The van der Waals surface area contributed by atoms with Crippen molar-refractivity contribution in [3.8, 4) is 0 Å². The van der Waals surface area contributed by atoms with Gasteiger partial charge in [0.2, 0.25) is 0 Å². The number of aromatic carboxylic acids is 1. The lowest BCUT2D eigenvalue weighted by molar-refractivity contribution is 0.0690. The zero-order valence-corrected chi connectivity index (χ0v) is 12.6. The lowest BCUT2D eigenvalue weighted by Crippen LogP contribution is -1.98. The van der Waals surface area contributed by atoms with E-state index < -0.39 is 5.97 Å². The molecule has 116 valence electrons. The van der Waals surface area contributed by atoms with Gasteiger partial charge in [0, 0.05) is 28.1 Å². The molecule has 0 bridgehead atoms. The van der Waals surface area contributed by atoms with Crippen molar-refractivity contribution >= 4 is 39.7 Å². The van der Waals surface area contributed by atoms with Gasteiger partial charge in [-0.05, 0) is 24.3 Å². The van der Waals surface area contributed by atoms with Gasteiger partial charge in [-0.2, -0.15) is 0 Å². The Hall–Kier alpha value is -3.47. The first kappa shape index (κ1) is 14.1. The fraction of sp³-hybridized carbons (Fsp3) is 0. The number of hydrogen-bond donors (Lipinski definition) is 2. The lowest BCUT2D eigenvalue weighted by atomic mass is 10.1. The zero-order valence-electron chi connectivity index (χ0n) is 12.6. The number of fused-ring (bicyclic) bond motifs is 3. The number of carboxylic acid groups (broad SMARTS) is 1. The van der Waals surface area contributed by atoms with E-state index in [1.165, 1.54) is 0 Å². The summed E-state index contributed by atoms with van der Waals surface area (Å²) in [4.78, 5) is 22.9. The van der Waals surface area contributed by atoms with Crippen molar-refractivity contribution in [2.24, 2.45) is 4.99 Å². The average Bonchev–Trinajstić information content (AvgIpc) is 2.99. The van der Waals surface area contributed by atoms with Gasteiger partial charge in [0.25, 0.3) is 0 Å². The molecule has 0 fully saturated rings. The Morgan fingerprint density at radius 1 is 1.08 bits per heavy atom. The maximum absolute atomic E-state index is 11.2. The van der Waals surface area contributed by atoms with Crippen molar-refractivity contribution in [3.05, 3.63) is 72.1 Å². The minimum atomic E-state index is -1.04. The second-order valence-corrected chi connectivity index (χ2v) is 5.41. The number of pyridine rings is 1. The highest BCUT2D eigenvalue weighted by Gasteiger charge is 2.11. The van der Waals surface area contributed by atoms with E-state index in [9.17, 15) is 9.90 Å². The van der Waals surface area contributed by atoms with E-state index >= 15 is 0 Å². The van der Waals surface area contributed by atoms with E-state index in [4.69, 9.17) is 0 Å². The second-order valence-electron chi connectivity index (χ2n) is 5.41. The molecule has 0 aliphatic carbocycles. The maximum atomic E-state index is 11.2. The molecule has 0 amide bonds. The number of benzene rings is 2. The molecule has 2 aromatic carbocycles. The fourth-order valence-corrected chi connectivity index (χ4v) is 2.76. The van der Waals surface area contributed by atoms with Crippen LogP contribution < -0.4 is 0 Å². The van der Waals surface area contributed by atoms with Crippen LogP contribution >= 0.6 is 0 Å². The standard InChI is InChI=1S/C19H13N3O2/c23-19(24)16-9-14-17(11-21-16)22-15-8-4-5-12(18(14)15)10-20-13-6-2-1-3-7-13/h1-11,22H,(H,23,24). The van der Waals surface area contributed by atoms with Gasteiger partial charge >= 0.3 is 5.97 Å². The number of aromatic amines is 1. The van der Waals surface area contributed by atoms with Crippen LogP contribution in [0.4, 0.5) is 5.69 Å². The number of rotatable bonds is 3. The minimum Gasteiger partial charge on any atom is -0.477 e. The lowest BCUT2D eigenvalue weighted by Gasteiger charge is -1.99. The molecule has 24 heavy (non-hydrogen) atoms. The fourth-order valence-electron chi connectivity index (χ4n) is 2.76. The molecule has 2 N–H and O–H groups in total. The summed E-state index contributed by atoms with van der Waals surface area (Å²) >= 11 is 0. The van der Waals surface area contributed by atoms with Crippen molar-refractivity contribution in [2.75, 3.05) is 0 Å². The summed E-state index contributed by atoms with van der Waals surface area (Å²) in [5.74, 6) is -1.04. The maximum Gasteiger partial charge on any atom is 0.354 e. The molecule has 0 radical (unpaired) electrons. The van der Waals surface area contributed by atoms with Crippen LogP contribution in [0.3, 0.4) is 0 Å². The molecule has 0 saturated heterocycles. The van der Waals surface area contributed by atoms with Crippen molar-refractivity contribution in [3.63, 3.8) is 0 Å². The number of aromatic nitrogens is 2. The minimum absolute atomic E-state index is 0.0261. The van der Waals surface area contributed by atoms with E-state index in [1.54, 1.807) is 18.5 Å². The van der Waals surface area contributed by atoms with E-state index in [0.717, 1.165) is 33.1 Å². The number of carbonyl (C=O) groups is 1. The number of hydrogen-bond acceptors (Lipinski definition) is 3. The van der Waals surface area contributed by atoms with E-state index in [-0.39, 0.29) is 5.69 Å². The summed E-state index contributed by atoms with van der Waals surface area (Å²) < 4.78 is 0. The molecule has 2 aromatic heterocycles. The number of nitrogens with one attached hydrogen (secondary N) is 1. The van der Waals surface area contributed by atoms with Crippen LogP contribution in [0.1, 0.15) is 16.1 Å². The number of aliphatic imine (C=N–C) groups is 1. The Morgan fingerprint density at radius 2 is 1.92 bits per heavy atom. The smallest absolute Gasteiger partial charge is 0.354 e. The van der Waals surface area contributed by atoms with Crippen LogP contribution in [0.25, 0.3) is 21.8 Å². The summed E-state index contributed by atoms with van der Waals surface area (Å²) in [6.07, 6.45) is 3.35. The van der Waals surface area contributed by atoms with Crippen LogP contribution in [0, 0.1) is 0 Å². The van der Waals surface area contributed by atoms with Crippen LogP contribution in [0.2, 0.25) is 0 Å². The number of para-hydroxylation sites is 1. The van der Waals surface area contributed by atoms with Gasteiger partial charge in [-0.3, -0.25) is 4.99 Å². The van der Waals surface area contributed by atoms with Crippen LogP contribution in [-0.4, -0.2) is 27.3 Å². The van der Waals surface area contributed by atoms with E-state index in [0.29, 0.717) is 0 Å².